The molecule has 3 nitrogen and oxygen atoms in total. The van der Waals surface area contributed by atoms with E-state index in [1.54, 1.807) is 32.4 Å². The molecule has 2 aromatic carbocycles. The van der Waals surface area contributed by atoms with Gasteiger partial charge >= 0.3 is 0 Å². The fourth-order valence-electron chi connectivity index (χ4n) is 1.95. The first-order chi connectivity index (χ1) is 9.15. The zero-order chi connectivity index (χ0) is 13.8. The third kappa shape index (κ3) is 2.76. The molecule has 2 rings (SSSR count). The summed E-state index contributed by atoms with van der Waals surface area (Å²) in [5.41, 5.74) is 2.20. The van der Waals surface area contributed by atoms with E-state index in [9.17, 15) is 4.79 Å². The summed E-state index contributed by atoms with van der Waals surface area (Å²) >= 11 is 0. The number of carbonyl (C=O) groups is 1. The van der Waals surface area contributed by atoms with Crippen LogP contribution in [0.1, 0.15) is 21.5 Å². The minimum absolute atomic E-state index is 0.0235. The summed E-state index contributed by atoms with van der Waals surface area (Å²) in [4.78, 5) is 12.4. The average molecular weight is 256 g/mol. The Morgan fingerprint density at radius 1 is 0.947 bits per heavy atom. The van der Waals surface area contributed by atoms with Gasteiger partial charge in [0.2, 0.25) is 0 Å². The fourth-order valence-corrected chi connectivity index (χ4v) is 1.95. The van der Waals surface area contributed by atoms with Crippen LogP contribution in [-0.2, 0) is 0 Å². The van der Waals surface area contributed by atoms with E-state index in [1.165, 1.54) is 0 Å². The maximum atomic E-state index is 12.4. The van der Waals surface area contributed by atoms with Gasteiger partial charge in [-0.25, -0.2) is 0 Å². The van der Waals surface area contributed by atoms with E-state index in [-0.39, 0.29) is 5.78 Å². The summed E-state index contributed by atoms with van der Waals surface area (Å²) in [5, 5.41) is 0. The fraction of sp³-hybridized carbons (Fsp3) is 0.188. The van der Waals surface area contributed by atoms with Crippen LogP contribution in [0.4, 0.5) is 0 Å². The molecule has 0 saturated carbocycles. The van der Waals surface area contributed by atoms with Crippen LogP contribution in [0.2, 0.25) is 0 Å². The largest absolute Gasteiger partial charge is 0.497 e. The molecule has 2 aromatic rings. The molecular formula is C16H16O3. The third-order valence-electron chi connectivity index (χ3n) is 2.99. The van der Waals surface area contributed by atoms with Crippen molar-refractivity contribution in [1.82, 2.24) is 0 Å². The van der Waals surface area contributed by atoms with Gasteiger partial charge < -0.3 is 9.47 Å². The lowest BCUT2D eigenvalue weighted by atomic mass is 10.0. The van der Waals surface area contributed by atoms with Gasteiger partial charge in [-0.05, 0) is 42.8 Å². The highest BCUT2D eigenvalue weighted by Gasteiger charge is 2.11. The number of hydrogen-bond acceptors (Lipinski definition) is 3. The van der Waals surface area contributed by atoms with E-state index in [2.05, 4.69) is 0 Å². The van der Waals surface area contributed by atoms with Gasteiger partial charge in [0.1, 0.15) is 11.5 Å². The van der Waals surface area contributed by atoms with Crippen LogP contribution in [0.5, 0.6) is 11.5 Å². The summed E-state index contributed by atoms with van der Waals surface area (Å²) in [6.07, 6.45) is 0. The molecule has 0 fully saturated rings. The second kappa shape index (κ2) is 5.57. The molecule has 0 amide bonds. The summed E-state index contributed by atoms with van der Waals surface area (Å²) in [6.45, 7) is 1.92. The zero-order valence-electron chi connectivity index (χ0n) is 11.3. The summed E-state index contributed by atoms with van der Waals surface area (Å²) in [7, 11) is 3.20. The first-order valence-corrected chi connectivity index (χ1v) is 5.99. The van der Waals surface area contributed by atoms with Crippen LogP contribution in [0.3, 0.4) is 0 Å². The van der Waals surface area contributed by atoms with E-state index in [0.717, 1.165) is 11.3 Å². The van der Waals surface area contributed by atoms with Crippen molar-refractivity contribution in [3.05, 3.63) is 59.2 Å². The molecule has 0 heterocycles. The number of ketones is 1. The average Bonchev–Trinajstić information content (AvgIpc) is 2.46. The highest BCUT2D eigenvalue weighted by molar-refractivity contribution is 6.09. The van der Waals surface area contributed by atoms with Gasteiger partial charge in [0.15, 0.2) is 5.78 Å². The molecule has 0 N–H and O–H groups in total. The topological polar surface area (TPSA) is 35.5 Å². The number of benzene rings is 2. The number of aryl methyl sites for hydroxylation is 1. The smallest absolute Gasteiger partial charge is 0.193 e. The molecule has 3 heteroatoms. The van der Waals surface area contributed by atoms with Gasteiger partial charge in [0, 0.05) is 11.1 Å². The Balaban J connectivity index is 2.35. The maximum Gasteiger partial charge on any atom is 0.193 e. The summed E-state index contributed by atoms with van der Waals surface area (Å²) in [5.74, 6) is 1.43. The molecule has 0 radical (unpaired) electrons. The van der Waals surface area contributed by atoms with Crippen molar-refractivity contribution in [3.8, 4) is 11.5 Å². The summed E-state index contributed by atoms with van der Waals surface area (Å²) in [6, 6.07) is 12.6. The van der Waals surface area contributed by atoms with Crippen molar-refractivity contribution >= 4 is 5.78 Å². The lowest BCUT2D eigenvalue weighted by Crippen LogP contribution is -2.02. The molecule has 0 aliphatic carbocycles. The van der Waals surface area contributed by atoms with Crippen molar-refractivity contribution in [2.24, 2.45) is 0 Å². The molecule has 0 aliphatic rings. The van der Waals surface area contributed by atoms with Gasteiger partial charge in [-0.1, -0.05) is 12.1 Å². The molecule has 0 aliphatic heterocycles. The number of rotatable bonds is 4. The van der Waals surface area contributed by atoms with Crippen molar-refractivity contribution in [1.29, 1.82) is 0 Å². The van der Waals surface area contributed by atoms with E-state index >= 15 is 0 Å². The van der Waals surface area contributed by atoms with Gasteiger partial charge in [-0.15, -0.1) is 0 Å². The van der Waals surface area contributed by atoms with Crippen molar-refractivity contribution in [2.75, 3.05) is 14.2 Å². The third-order valence-corrected chi connectivity index (χ3v) is 2.99. The van der Waals surface area contributed by atoms with Crippen molar-refractivity contribution in [3.63, 3.8) is 0 Å². The zero-order valence-corrected chi connectivity index (χ0v) is 11.3. The Labute approximate surface area is 112 Å². The summed E-state index contributed by atoms with van der Waals surface area (Å²) < 4.78 is 10.3. The quantitative estimate of drug-likeness (QED) is 0.788. The standard InChI is InChI=1S/C16H16O3/c1-11-9-13(7-8-15(11)19-3)16(17)12-5-4-6-14(10-12)18-2/h4-10H,1-3H3. The number of carbonyl (C=O) groups excluding carboxylic acids is 1. The van der Waals surface area contributed by atoms with E-state index in [0.29, 0.717) is 16.9 Å². The number of hydrogen-bond donors (Lipinski definition) is 0. The monoisotopic (exact) mass is 256 g/mol. The SMILES string of the molecule is COc1cccc(C(=O)c2ccc(OC)c(C)c2)c1. The van der Waals surface area contributed by atoms with Crippen molar-refractivity contribution in [2.45, 2.75) is 6.92 Å². The number of methoxy groups -OCH3 is 2. The Hall–Kier alpha value is -2.29. The predicted molar refractivity (Wildman–Crippen MR) is 74.2 cm³/mol. The van der Waals surface area contributed by atoms with Gasteiger partial charge in [-0.2, -0.15) is 0 Å². The Bertz CT molecular complexity index is 603. The van der Waals surface area contributed by atoms with Crippen LogP contribution in [-0.4, -0.2) is 20.0 Å². The van der Waals surface area contributed by atoms with Crippen LogP contribution in [0, 0.1) is 6.92 Å². The Kier molecular flexibility index (Phi) is 3.85. The molecule has 0 unspecified atom stereocenters. The van der Waals surface area contributed by atoms with Crippen LogP contribution < -0.4 is 9.47 Å². The lowest BCUT2D eigenvalue weighted by molar-refractivity contribution is 0.103. The molecule has 0 aromatic heterocycles. The number of ether oxygens (including phenoxy) is 2. The molecule has 0 atom stereocenters. The van der Waals surface area contributed by atoms with Crippen LogP contribution in [0.25, 0.3) is 0 Å². The molecule has 98 valence electrons. The first-order valence-electron chi connectivity index (χ1n) is 5.99. The minimum atomic E-state index is -0.0235. The molecule has 0 spiro atoms. The predicted octanol–water partition coefficient (Wildman–Crippen LogP) is 3.24. The Morgan fingerprint density at radius 3 is 2.32 bits per heavy atom. The Morgan fingerprint density at radius 2 is 1.68 bits per heavy atom. The highest BCUT2D eigenvalue weighted by atomic mass is 16.5. The van der Waals surface area contributed by atoms with Crippen LogP contribution in [0.15, 0.2) is 42.5 Å². The maximum absolute atomic E-state index is 12.4. The normalized spacial score (nSPS) is 10.1. The second-order valence-electron chi connectivity index (χ2n) is 4.25. The van der Waals surface area contributed by atoms with Crippen molar-refractivity contribution < 1.29 is 14.3 Å². The second-order valence-corrected chi connectivity index (χ2v) is 4.25. The first kappa shape index (κ1) is 13.1. The van der Waals surface area contributed by atoms with Crippen LogP contribution >= 0.6 is 0 Å². The van der Waals surface area contributed by atoms with E-state index in [4.69, 9.17) is 9.47 Å². The lowest BCUT2D eigenvalue weighted by Gasteiger charge is -2.07. The van der Waals surface area contributed by atoms with Gasteiger partial charge in [-0.3, -0.25) is 4.79 Å². The van der Waals surface area contributed by atoms with Gasteiger partial charge in [0.05, 0.1) is 14.2 Å². The van der Waals surface area contributed by atoms with E-state index in [1.807, 2.05) is 31.2 Å². The molecule has 19 heavy (non-hydrogen) atoms. The highest BCUT2D eigenvalue weighted by Crippen LogP contribution is 2.21. The molecule has 0 saturated heterocycles. The van der Waals surface area contributed by atoms with Gasteiger partial charge in [0.25, 0.3) is 0 Å². The van der Waals surface area contributed by atoms with E-state index < -0.39 is 0 Å². The molecule has 0 bridgehead atoms. The molecular weight excluding hydrogens is 240 g/mol. The minimum Gasteiger partial charge on any atom is -0.497 e.